The van der Waals surface area contributed by atoms with Crippen molar-refractivity contribution < 1.29 is 9.47 Å². The van der Waals surface area contributed by atoms with Gasteiger partial charge in [-0.05, 0) is 31.6 Å². The van der Waals surface area contributed by atoms with E-state index in [9.17, 15) is 0 Å². The number of aliphatic imine (C=N–C) groups is 1. The van der Waals surface area contributed by atoms with Gasteiger partial charge in [-0.2, -0.15) is 0 Å². The third-order valence-corrected chi connectivity index (χ3v) is 3.36. The minimum Gasteiger partial charge on any atom is -0.382 e. The van der Waals surface area contributed by atoms with Gasteiger partial charge in [0.2, 0.25) is 0 Å². The molecule has 0 atom stereocenters. The molecule has 136 valence electrons. The van der Waals surface area contributed by atoms with Gasteiger partial charge < -0.3 is 25.0 Å². The maximum atomic E-state index is 5.43. The van der Waals surface area contributed by atoms with Crippen molar-refractivity contribution in [2.75, 3.05) is 54.6 Å². The largest absolute Gasteiger partial charge is 0.382 e. The summed E-state index contributed by atoms with van der Waals surface area (Å²) in [4.78, 5) is 6.41. The predicted octanol–water partition coefficient (Wildman–Crippen LogP) is 1.47. The van der Waals surface area contributed by atoms with Gasteiger partial charge in [0.05, 0.1) is 13.2 Å². The van der Waals surface area contributed by atoms with Crippen molar-refractivity contribution in [1.82, 2.24) is 15.5 Å². The van der Waals surface area contributed by atoms with E-state index in [4.69, 9.17) is 9.47 Å². The molecule has 0 saturated heterocycles. The van der Waals surface area contributed by atoms with Crippen LogP contribution in [0.3, 0.4) is 0 Å². The molecule has 0 spiro atoms. The molecule has 0 aliphatic heterocycles. The van der Waals surface area contributed by atoms with E-state index >= 15 is 0 Å². The van der Waals surface area contributed by atoms with E-state index in [1.807, 2.05) is 0 Å². The van der Waals surface area contributed by atoms with Crippen LogP contribution >= 0.6 is 0 Å². The molecule has 6 heteroatoms. The van der Waals surface area contributed by atoms with Crippen molar-refractivity contribution in [3.63, 3.8) is 0 Å². The average Bonchev–Trinajstić information content (AvgIpc) is 2.56. The van der Waals surface area contributed by atoms with Crippen molar-refractivity contribution >= 4 is 5.96 Å². The molecule has 0 amide bonds. The smallest absolute Gasteiger partial charge is 0.191 e. The van der Waals surface area contributed by atoms with Gasteiger partial charge in [-0.25, -0.2) is 0 Å². The Labute approximate surface area is 146 Å². The van der Waals surface area contributed by atoms with E-state index in [-0.39, 0.29) is 0 Å². The minimum atomic E-state index is 0.642. The van der Waals surface area contributed by atoms with Gasteiger partial charge in [-0.3, -0.25) is 4.99 Å². The second-order valence-corrected chi connectivity index (χ2v) is 5.87. The Bertz CT molecular complexity index is 478. The Balaban J connectivity index is 2.26. The predicted molar refractivity (Wildman–Crippen MR) is 99.3 cm³/mol. The van der Waals surface area contributed by atoms with E-state index in [1.165, 1.54) is 11.1 Å². The van der Waals surface area contributed by atoms with E-state index < -0.39 is 0 Å². The third-order valence-electron chi connectivity index (χ3n) is 3.36. The van der Waals surface area contributed by atoms with Crippen molar-refractivity contribution in [3.8, 4) is 0 Å². The fourth-order valence-corrected chi connectivity index (χ4v) is 2.23. The van der Waals surface area contributed by atoms with Gasteiger partial charge in [0, 0.05) is 40.4 Å². The van der Waals surface area contributed by atoms with Gasteiger partial charge in [-0.15, -0.1) is 0 Å². The normalized spacial score (nSPS) is 11.8. The first-order chi connectivity index (χ1) is 11.7. The van der Waals surface area contributed by atoms with Crippen molar-refractivity contribution in [3.05, 3.63) is 35.4 Å². The first-order valence-corrected chi connectivity index (χ1v) is 8.39. The van der Waals surface area contributed by atoms with E-state index in [0.717, 1.165) is 38.6 Å². The van der Waals surface area contributed by atoms with E-state index in [1.54, 1.807) is 14.2 Å². The molecule has 1 aromatic carbocycles. The lowest BCUT2D eigenvalue weighted by Gasteiger charge is -2.14. The summed E-state index contributed by atoms with van der Waals surface area (Å²) in [5.74, 6) is 0.810. The molecule has 0 aliphatic carbocycles. The maximum Gasteiger partial charge on any atom is 0.191 e. The number of guanidine groups is 1. The molecule has 0 bridgehead atoms. The number of nitrogens with one attached hydrogen (secondary N) is 2. The van der Waals surface area contributed by atoms with Crippen LogP contribution in [0.15, 0.2) is 29.3 Å². The number of hydrogen-bond donors (Lipinski definition) is 2. The SMILES string of the molecule is CN=C(NCCCOCCOC)NCc1cccc(CN(C)C)c1. The highest BCUT2D eigenvalue weighted by atomic mass is 16.5. The van der Waals surface area contributed by atoms with E-state index in [0.29, 0.717) is 13.2 Å². The zero-order valence-corrected chi connectivity index (χ0v) is 15.5. The molecule has 0 aromatic heterocycles. The molecule has 0 saturated carbocycles. The summed E-state index contributed by atoms with van der Waals surface area (Å²) in [6.07, 6.45) is 0.933. The first-order valence-electron chi connectivity index (χ1n) is 8.39. The summed E-state index contributed by atoms with van der Waals surface area (Å²) in [6.45, 7) is 4.54. The molecule has 24 heavy (non-hydrogen) atoms. The van der Waals surface area contributed by atoms with Crippen molar-refractivity contribution in [2.45, 2.75) is 19.5 Å². The number of hydrogen-bond acceptors (Lipinski definition) is 4. The summed E-state index contributed by atoms with van der Waals surface area (Å²) < 4.78 is 10.4. The van der Waals surface area contributed by atoms with Crippen molar-refractivity contribution in [1.29, 1.82) is 0 Å². The van der Waals surface area contributed by atoms with Gasteiger partial charge in [0.1, 0.15) is 0 Å². The highest BCUT2D eigenvalue weighted by Gasteiger charge is 2.00. The molecule has 2 N–H and O–H groups in total. The Kier molecular flexibility index (Phi) is 10.8. The quantitative estimate of drug-likeness (QED) is 0.364. The van der Waals surface area contributed by atoms with Crippen LogP contribution in [0.25, 0.3) is 0 Å². The summed E-state index contributed by atoms with van der Waals surface area (Å²) in [5.41, 5.74) is 2.57. The molecule has 6 nitrogen and oxygen atoms in total. The van der Waals surface area contributed by atoms with Crippen LogP contribution in [0, 0.1) is 0 Å². The van der Waals surface area contributed by atoms with Gasteiger partial charge in [-0.1, -0.05) is 24.3 Å². The lowest BCUT2D eigenvalue weighted by molar-refractivity contribution is 0.0698. The Hall–Kier alpha value is -1.63. The van der Waals surface area contributed by atoms with Crippen LogP contribution in [0.1, 0.15) is 17.5 Å². The van der Waals surface area contributed by atoms with Crippen LogP contribution in [0.4, 0.5) is 0 Å². The molecule has 1 rings (SSSR count). The Morgan fingerprint density at radius 1 is 1.12 bits per heavy atom. The molecule has 0 fully saturated rings. The fraction of sp³-hybridized carbons (Fsp3) is 0.611. The van der Waals surface area contributed by atoms with Crippen molar-refractivity contribution in [2.24, 2.45) is 4.99 Å². The average molecular weight is 336 g/mol. The van der Waals surface area contributed by atoms with Crippen LogP contribution in [-0.4, -0.2) is 65.5 Å². The highest BCUT2D eigenvalue weighted by molar-refractivity contribution is 5.79. The number of ether oxygens (including phenoxy) is 2. The number of rotatable bonds is 11. The third kappa shape index (κ3) is 9.50. The minimum absolute atomic E-state index is 0.642. The number of nitrogens with zero attached hydrogens (tertiary/aromatic N) is 2. The lowest BCUT2D eigenvalue weighted by atomic mass is 10.1. The fourth-order valence-electron chi connectivity index (χ4n) is 2.23. The highest BCUT2D eigenvalue weighted by Crippen LogP contribution is 2.06. The van der Waals surface area contributed by atoms with Crippen LogP contribution in [-0.2, 0) is 22.6 Å². The zero-order valence-electron chi connectivity index (χ0n) is 15.5. The molecule has 0 aliphatic rings. The standard InChI is InChI=1S/C18H32N4O2/c1-19-18(20-9-6-10-24-12-11-23-4)21-14-16-7-5-8-17(13-16)15-22(2)3/h5,7-8,13H,6,9-12,14-15H2,1-4H3,(H2,19,20,21). The topological polar surface area (TPSA) is 58.1 Å². The van der Waals surface area contributed by atoms with Crippen LogP contribution in [0.5, 0.6) is 0 Å². The number of benzene rings is 1. The van der Waals surface area contributed by atoms with Crippen LogP contribution < -0.4 is 10.6 Å². The summed E-state index contributed by atoms with van der Waals surface area (Å²) in [6, 6.07) is 8.61. The van der Waals surface area contributed by atoms with Gasteiger partial charge >= 0.3 is 0 Å². The van der Waals surface area contributed by atoms with Gasteiger partial charge in [0.15, 0.2) is 5.96 Å². The van der Waals surface area contributed by atoms with E-state index in [2.05, 4.69) is 58.9 Å². The summed E-state index contributed by atoms with van der Waals surface area (Å²) >= 11 is 0. The molecule has 0 heterocycles. The first kappa shape index (κ1) is 20.4. The monoisotopic (exact) mass is 336 g/mol. The molecule has 1 aromatic rings. The second-order valence-electron chi connectivity index (χ2n) is 5.87. The van der Waals surface area contributed by atoms with Gasteiger partial charge in [0.25, 0.3) is 0 Å². The summed E-state index contributed by atoms with van der Waals surface area (Å²) in [5, 5.41) is 6.64. The second kappa shape index (κ2) is 12.8. The number of methoxy groups -OCH3 is 1. The lowest BCUT2D eigenvalue weighted by Crippen LogP contribution is -2.37. The molecular weight excluding hydrogens is 304 g/mol. The Morgan fingerprint density at radius 3 is 2.62 bits per heavy atom. The summed E-state index contributed by atoms with van der Waals surface area (Å²) in [7, 11) is 7.62. The maximum absolute atomic E-state index is 5.43. The zero-order chi connectivity index (χ0) is 17.6. The van der Waals surface area contributed by atoms with Crippen LogP contribution in [0.2, 0.25) is 0 Å². The molecular formula is C18H32N4O2. The Morgan fingerprint density at radius 2 is 1.92 bits per heavy atom. The molecule has 0 radical (unpaired) electrons. The molecule has 0 unspecified atom stereocenters.